The first-order valence-electron chi connectivity index (χ1n) is 8.02. The fraction of sp³-hybridized carbons (Fsp3) is 0.294. The van der Waals surface area contributed by atoms with E-state index < -0.39 is 0 Å². The van der Waals surface area contributed by atoms with Crippen LogP contribution in [0.1, 0.15) is 11.1 Å². The van der Waals surface area contributed by atoms with Gasteiger partial charge in [0.05, 0.1) is 12.4 Å². The highest BCUT2D eigenvalue weighted by Crippen LogP contribution is 2.20. The van der Waals surface area contributed by atoms with E-state index in [0.717, 1.165) is 31.7 Å². The topological polar surface area (TPSA) is 76.9 Å². The predicted octanol–water partition coefficient (Wildman–Crippen LogP) is 1.06. The van der Waals surface area contributed by atoms with Gasteiger partial charge in [-0.1, -0.05) is 12.1 Å². The first-order chi connectivity index (χ1) is 12.1. The van der Waals surface area contributed by atoms with Gasteiger partial charge in [-0.15, -0.1) is 0 Å². The summed E-state index contributed by atoms with van der Waals surface area (Å²) in [5.74, 6) is 0.144. The van der Waals surface area contributed by atoms with Crippen molar-refractivity contribution in [2.75, 3.05) is 33.2 Å². The van der Waals surface area contributed by atoms with Crippen molar-refractivity contribution in [2.24, 2.45) is 5.10 Å². The molecule has 7 nitrogen and oxygen atoms in total. The van der Waals surface area contributed by atoms with Crippen LogP contribution in [0.2, 0.25) is 0 Å². The molecule has 0 saturated carbocycles. The summed E-state index contributed by atoms with van der Waals surface area (Å²) in [6, 6.07) is 8.83. The van der Waals surface area contributed by atoms with Gasteiger partial charge in [-0.3, -0.25) is 5.43 Å². The van der Waals surface area contributed by atoms with Gasteiger partial charge in [-0.2, -0.15) is 15.3 Å². The van der Waals surface area contributed by atoms with Gasteiger partial charge in [0.1, 0.15) is 11.5 Å². The number of para-hydroxylation sites is 1. The van der Waals surface area contributed by atoms with Crippen molar-refractivity contribution in [1.82, 2.24) is 25.4 Å². The molecule has 2 N–H and O–H groups in total. The highest BCUT2D eigenvalue weighted by molar-refractivity contribution is 7.80. The van der Waals surface area contributed by atoms with Gasteiger partial charge >= 0.3 is 0 Å². The lowest BCUT2D eigenvalue weighted by atomic mass is 10.0. The summed E-state index contributed by atoms with van der Waals surface area (Å²) in [7, 11) is 2.10. The number of thiocarbonyl (C=S) groups is 1. The van der Waals surface area contributed by atoms with Crippen LogP contribution < -0.4 is 5.43 Å². The number of hydrogen-bond donors (Lipinski definition) is 2. The van der Waals surface area contributed by atoms with Crippen LogP contribution >= 0.6 is 12.2 Å². The van der Waals surface area contributed by atoms with E-state index in [-0.39, 0.29) is 5.75 Å². The van der Waals surface area contributed by atoms with E-state index in [2.05, 4.69) is 37.6 Å². The molecule has 0 amide bonds. The van der Waals surface area contributed by atoms with E-state index >= 15 is 0 Å². The second-order valence-electron chi connectivity index (χ2n) is 5.82. The van der Waals surface area contributed by atoms with Gasteiger partial charge < -0.3 is 14.9 Å². The number of hydrogen-bond acceptors (Lipinski definition) is 6. The molecule has 1 aliphatic heterocycles. The Bertz CT molecular complexity index is 759. The summed E-state index contributed by atoms with van der Waals surface area (Å²) < 4.78 is 0. The van der Waals surface area contributed by atoms with Crippen LogP contribution in [-0.4, -0.2) is 69.2 Å². The van der Waals surface area contributed by atoms with Crippen LogP contribution in [0.3, 0.4) is 0 Å². The second kappa shape index (κ2) is 8.00. The molecule has 0 bridgehead atoms. The standard InChI is InChI=1S/C17H20N6OS/c1-22-8-10-23(11-9-22)17(25)21-20-16(13-6-7-18-19-12-13)14-4-2-3-5-15(14)24/h2-7,12,24H,8-11H2,1H3,(H,21,25). The molecule has 2 aromatic rings. The maximum atomic E-state index is 10.2. The Labute approximate surface area is 152 Å². The molecule has 25 heavy (non-hydrogen) atoms. The molecule has 130 valence electrons. The third-order valence-electron chi connectivity index (χ3n) is 4.07. The minimum absolute atomic E-state index is 0.144. The van der Waals surface area contributed by atoms with E-state index in [1.54, 1.807) is 36.7 Å². The van der Waals surface area contributed by atoms with E-state index in [4.69, 9.17) is 12.2 Å². The smallest absolute Gasteiger partial charge is 0.189 e. The van der Waals surface area contributed by atoms with E-state index in [9.17, 15) is 5.11 Å². The van der Waals surface area contributed by atoms with Gasteiger partial charge in [0, 0.05) is 37.3 Å². The number of phenols is 1. The molecule has 8 heteroatoms. The maximum absolute atomic E-state index is 10.2. The number of hydrazone groups is 1. The molecule has 1 aromatic carbocycles. The SMILES string of the molecule is CN1CCN(C(=S)NN=C(c2ccnnc2)c2ccccc2O)CC1. The zero-order chi connectivity index (χ0) is 17.6. The summed E-state index contributed by atoms with van der Waals surface area (Å²) in [4.78, 5) is 4.35. The highest BCUT2D eigenvalue weighted by atomic mass is 32.1. The molecular weight excluding hydrogens is 336 g/mol. The molecule has 1 saturated heterocycles. The fourth-order valence-corrected chi connectivity index (χ4v) is 2.80. The Hall–Kier alpha value is -2.58. The first kappa shape index (κ1) is 17.2. The second-order valence-corrected chi connectivity index (χ2v) is 6.20. The number of benzene rings is 1. The number of nitrogens with one attached hydrogen (secondary N) is 1. The number of aromatic hydroxyl groups is 1. The number of nitrogens with zero attached hydrogens (tertiary/aromatic N) is 5. The molecule has 1 aliphatic rings. The van der Waals surface area contributed by atoms with Crippen molar-refractivity contribution >= 4 is 23.0 Å². The van der Waals surface area contributed by atoms with Crippen molar-refractivity contribution < 1.29 is 5.11 Å². The molecule has 0 aliphatic carbocycles. The molecule has 0 spiro atoms. The largest absolute Gasteiger partial charge is 0.507 e. The van der Waals surface area contributed by atoms with Crippen LogP contribution in [0.5, 0.6) is 5.75 Å². The fourth-order valence-electron chi connectivity index (χ4n) is 2.57. The zero-order valence-corrected chi connectivity index (χ0v) is 14.8. The van der Waals surface area contributed by atoms with Crippen molar-refractivity contribution in [3.05, 3.63) is 53.9 Å². The summed E-state index contributed by atoms with van der Waals surface area (Å²) in [6.07, 6.45) is 3.19. The van der Waals surface area contributed by atoms with Gasteiger partial charge in [0.25, 0.3) is 0 Å². The Morgan fingerprint density at radius 3 is 2.60 bits per heavy atom. The number of piperazine rings is 1. The van der Waals surface area contributed by atoms with Crippen LogP contribution in [0.25, 0.3) is 0 Å². The van der Waals surface area contributed by atoms with E-state index in [1.807, 2.05) is 6.07 Å². The average Bonchev–Trinajstić information content (AvgIpc) is 2.64. The lowest BCUT2D eigenvalue weighted by molar-refractivity contribution is 0.214. The lowest BCUT2D eigenvalue weighted by Gasteiger charge is -2.33. The highest BCUT2D eigenvalue weighted by Gasteiger charge is 2.17. The minimum Gasteiger partial charge on any atom is -0.507 e. The predicted molar refractivity (Wildman–Crippen MR) is 101 cm³/mol. The normalized spacial score (nSPS) is 15.9. The van der Waals surface area contributed by atoms with Crippen LogP contribution in [-0.2, 0) is 0 Å². The minimum atomic E-state index is 0.144. The van der Waals surface area contributed by atoms with E-state index in [1.165, 1.54) is 0 Å². The van der Waals surface area contributed by atoms with Crippen molar-refractivity contribution in [3.63, 3.8) is 0 Å². The van der Waals surface area contributed by atoms with Gasteiger partial charge in [-0.25, -0.2) is 0 Å². The number of rotatable bonds is 3. The molecule has 2 heterocycles. The number of phenolic OH excluding ortho intramolecular Hbond substituents is 1. The Morgan fingerprint density at radius 1 is 1.16 bits per heavy atom. The Kier molecular flexibility index (Phi) is 5.52. The van der Waals surface area contributed by atoms with Gasteiger partial charge in [0.15, 0.2) is 5.11 Å². The third kappa shape index (κ3) is 4.28. The summed E-state index contributed by atoms with van der Waals surface area (Å²) >= 11 is 5.46. The number of aromatic nitrogens is 2. The molecule has 0 unspecified atom stereocenters. The monoisotopic (exact) mass is 356 g/mol. The number of likely N-dealkylation sites (N-methyl/N-ethyl adjacent to an activating group) is 1. The Morgan fingerprint density at radius 2 is 1.92 bits per heavy atom. The molecule has 1 fully saturated rings. The molecule has 3 rings (SSSR count). The van der Waals surface area contributed by atoms with Crippen molar-refractivity contribution in [3.8, 4) is 5.75 Å². The average molecular weight is 356 g/mol. The molecule has 1 aromatic heterocycles. The zero-order valence-electron chi connectivity index (χ0n) is 14.0. The van der Waals surface area contributed by atoms with Crippen LogP contribution in [0, 0.1) is 0 Å². The van der Waals surface area contributed by atoms with Crippen LogP contribution in [0.4, 0.5) is 0 Å². The summed E-state index contributed by atoms with van der Waals surface area (Å²) in [5.41, 5.74) is 4.86. The van der Waals surface area contributed by atoms with Crippen molar-refractivity contribution in [1.29, 1.82) is 0 Å². The quantitative estimate of drug-likeness (QED) is 0.484. The molecular formula is C17H20N6OS. The van der Waals surface area contributed by atoms with E-state index in [0.29, 0.717) is 16.4 Å². The first-order valence-corrected chi connectivity index (χ1v) is 8.42. The molecule has 0 radical (unpaired) electrons. The Balaban J connectivity index is 1.83. The lowest BCUT2D eigenvalue weighted by Crippen LogP contribution is -2.49. The van der Waals surface area contributed by atoms with Crippen LogP contribution in [0.15, 0.2) is 47.8 Å². The third-order valence-corrected chi connectivity index (χ3v) is 4.42. The maximum Gasteiger partial charge on any atom is 0.189 e. The van der Waals surface area contributed by atoms with Crippen molar-refractivity contribution in [2.45, 2.75) is 0 Å². The summed E-state index contributed by atoms with van der Waals surface area (Å²) in [6.45, 7) is 3.65. The molecule has 0 atom stereocenters. The summed E-state index contributed by atoms with van der Waals surface area (Å²) in [5, 5.41) is 22.9. The van der Waals surface area contributed by atoms with Gasteiger partial charge in [-0.05, 0) is 37.5 Å². The van der Waals surface area contributed by atoms with Gasteiger partial charge in [0.2, 0.25) is 0 Å².